The van der Waals surface area contributed by atoms with E-state index in [0.717, 1.165) is 74.1 Å². The van der Waals surface area contributed by atoms with Crippen molar-refractivity contribution in [2.45, 2.75) is 38.0 Å². The van der Waals surface area contributed by atoms with Crippen LogP contribution in [0.15, 0.2) is 95.7 Å². The molecule has 0 atom stereocenters. The number of ether oxygens (including phenoxy) is 1. The number of sulfonamides is 1. The molecular formula is C40H40ClN7O4S. The van der Waals surface area contributed by atoms with Gasteiger partial charge in [0.2, 0.25) is 0 Å². The number of benzene rings is 3. The largest absolute Gasteiger partial charge is 0.455 e. The van der Waals surface area contributed by atoms with Crippen molar-refractivity contribution in [2.75, 3.05) is 43.4 Å². The molecule has 272 valence electrons. The van der Waals surface area contributed by atoms with Gasteiger partial charge in [-0.15, -0.1) is 0 Å². The van der Waals surface area contributed by atoms with E-state index in [1.54, 1.807) is 36.7 Å². The van der Waals surface area contributed by atoms with Crippen molar-refractivity contribution < 1.29 is 17.9 Å². The maximum absolute atomic E-state index is 13.6. The fourth-order valence-corrected chi connectivity index (χ4v) is 8.13. The highest BCUT2D eigenvalue weighted by Crippen LogP contribution is 2.43. The molecule has 13 heteroatoms. The number of carbonyl (C=O) groups excluding carboxylic acids is 1. The Morgan fingerprint density at radius 3 is 2.58 bits per heavy atom. The van der Waals surface area contributed by atoms with Gasteiger partial charge in [0, 0.05) is 66.8 Å². The van der Waals surface area contributed by atoms with Crippen molar-refractivity contribution in [3.63, 3.8) is 0 Å². The molecule has 4 N–H and O–H groups in total. The number of H-pyrrole nitrogens is 1. The predicted molar refractivity (Wildman–Crippen MR) is 207 cm³/mol. The third kappa shape index (κ3) is 8.03. The summed E-state index contributed by atoms with van der Waals surface area (Å²) in [5.74, 6) is -0.330. The summed E-state index contributed by atoms with van der Waals surface area (Å²) in [7, 11) is -4.35. The van der Waals surface area contributed by atoms with E-state index in [1.165, 1.54) is 28.8 Å². The predicted octanol–water partition coefficient (Wildman–Crippen LogP) is 7.37. The molecule has 3 aromatic carbocycles. The number of nitrogen functional groups attached to an aromatic ring is 1. The number of nitrogens with one attached hydrogen (secondary N) is 2. The Morgan fingerprint density at radius 2 is 1.83 bits per heavy atom. The minimum Gasteiger partial charge on any atom is -0.455 e. The lowest BCUT2D eigenvalue weighted by molar-refractivity contribution is 0.0979. The van der Waals surface area contributed by atoms with Crippen molar-refractivity contribution in [2.24, 2.45) is 5.41 Å². The van der Waals surface area contributed by atoms with Crippen LogP contribution in [0.4, 0.5) is 11.4 Å². The van der Waals surface area contributed by atoms with Crippen molar-refractivity contribution in [3.8, 4) is 17.6 Å². The Hall–Kier alpha value is -5.35. The number of aromatic nitrogens is 2. The number of rotatable bonds is 9. The number of pyridine rings is 1. The van der Waals surface area contributed by atoms with Gasteiger partial charge in [0.15, 0.2) is 0 Å². The monoisotopic (exact) mass is 749 g/mol. The number of aromatic amines is 1. The van der Waals surface area contributed by atoms with Crippen LogP contribution in [-0.2, 0) is 10.0 Å². The second-order valence-corrected chi connectivity index (χ2v) is 16.5. The van der Waals surface area contributed by atoms with E-state index in [-0.39, 0.29) is 32.9 Å². The third-order valence-electron chi connectivity index (χ3n) is 10.0. The van der Waals surface area contributed by atoms with Crippen molar-refractivity contribution in [1.82, 2.24) is 19.6 Å². The number of nitriles is 1. The van der Waals surface area contributed by atoms with Gasteiger partial charge >= 0.3 is 0 Å². The summed E-state index contributed by atoms with van der Waals surface area (Å²) in [6.07, 6.45) is 6.55. The SMILES string of the molecule is CC1(C)CCC(CN2CCN(c3ccc(C(=O)NS(=O)(=O)c4ccc(N)c(C#N)c4)c(Oc4cnc5[nH]ccc5c4)c3)CC2)=C(c2ccc(Cl)cc2)C1. The fourth-order valence-electron chi connectivity index (χ4n) is 7.02. The first-order valence-corrected chi connectivity index (χ1v) is 19.3. The van der Waals surface area contributed by atoms with E-state index in [9.17, 15) is 18.5 Å². The quantitative estimate of drug-likeness (QED) is 0.131. The standard InChI is InChI=1S/C40H40ClN7O4S/c1-40(2)13-11-28(35(22-40)26-3-5-30(41)6-4-26)25-47-15-17-48(18-16-47)31-7-9-34(37(21-31)52-32-19-27-12-14-44-38(27)45-24-32)39(49)46-53(50,51)33-8-10-36(43)29(20-33)23-42/h3-10,12,14,19-21,24H,11,13,15-18,22,25,43H2,1-2H3,(H,44,45)(H,46,49). The van der Waals surface area contributed by atoms with Crippen LogP contribution in [0.25, 0.3) is 16.6 Å². The maximum atomic E-state index is 13.6. The summed E-state index contributed by atoms with van der Waals surface area (Å²) in [5, 5.41) is 10.9. The number of hydrogen-bond donors (Lipinski definition) is 3. The zero-order chi connectivity index (χ0) is 37.3. The molecule has 53 heavy (non-hydrogen) atoms. The van der Waals surface area contributed by atoms with Gasteiger partial charge in [0.25, 0.3) is 15.9 Å². The molecule has 0 saturated carbocycles. The zero-order valence-corrected chi connectivity index (χ0v) is 31.1. The van der Waals surface area contributed by atoms with Crippen LogP contribution >= 0.6 is 11.6 Å². The highest BCUT2D eigenvalue weighted by atomic mass is 35.5. The zero-order valence-electron chi connectivity index (χ0n) is 29.5. The lowest BCUT2D eigenvalue weighted by Gasteiger charge is -2.39. The van der Waals surface area contributed by atoms with Gasteiger partial charge < -0.3 is 20.4 Å². The molecule has 5 aromatic rings. The lowest BCUT2D eigenvalue weighted by atomic mass is 9.72. The average molecular weight is 750 g/mol. The van der Waals surface area contributed by atoms with E-state index >= 15 is 0 Å². The molecule has 0 bridgehead atoms. The van der Waals surface area contributed by atoms with Gasteiger partial charge in [-0.25, -0.2) is 18.1 Å². The number of piperazine rings is 1. The number of fused-ring (bicyclic) bond motifs is 1. The Balaban J connectivity index is 1.12. The Kier molecular flexibility index (Phi) is 9.91. The second-order valence-electron chi connectivity index (χ2n) is 14.4. The molecular weight excluding hydrogens is 710 g/mol. The van der Waals surface area contributed by atoms with Crippen LogP contribution in [0.2, 0.25) is 5.02 Å². The molecule has 0 unspecified atom stereocenters. The van der Waals surface area contributed by atoms with Crippen LogP contribution in [0, 0.1) is 16.7 Å². The normalized spacial score (nSPS) is 16.4. The maximum Gasteiger partial charge on any atom is 0.268 e. The Labute approximate surface area is 314 Å². The third-order valence-corrected chi connectivity index (χ3v) is 11.6. The smallest absolute Gasteiger partial charge is 0.268 e. The number of halogens is 1. The Bertz CT molecular complexity index is 2370. The van der Waals surface area contributed by atoms with Crippen LogP contribution in [0.1, 0.15) is 54.6 Å². The summed E-state index contributed by atoms with van der Waals surface area (Å²) in [6.45, 7) is 8.78. The summed E-state index contributed by atoms with van der Waals surface area (Å²) in [6, 6.07) is 22.5. The van der Waals surface area contributed by atoms with Crippen molar-refractivity contribution >= 4 is 55.5 Å². The van der Waals surface area contributed by atoms with Crippen LogP contribution < -0.4 is 20.1 Å². The van der Waals surface area contributed by atoms with E-state index in [1.807, 2.05) is 24.3 Å². The summed E-state index contributed by atoms with van der Waals surface area (Å²) >= 11 is 6.22. The van der Waals surface area contributed by atoms with Gasteiger partial charge in [0.1, 0.15) is 23.2 Å². The first-order chi connectivity index (χ1) is 25.4. The highest BCUT2D eigenvalue weighted by molar-refractivity contribution is 7.90. The number of amides is 1. The molecule has 1 aliphatic heterocycles. The number of carbonyl (C=O) groups is 1. The molecule has 2 aliphatic rings. The summed E-state index contributed by atoms with van der Waals surface area (Å²) < 4.78 is 34.9. The number of hydrogen-bond acceptors (Lipinski definition) is 9. The molecule has 1 amide bonds. The second kappa shape index (κ2) is 14.6. The van der Waals surface area contributed by atoms with E-state index in [4.69, 9.17) is 22.1 Å². The highest BCUT2D eigenvalue weighted by Gasteiger charge is 2.30. The van der Waals surface area contributed by atoms with Crippen molar-refractivity contribution in [1.29, 1.82) is 5.26 Å². The number of nitrogens with two attached hydrogens (primary N) is 1. The van der Waals surface area contributed by atoms with Gasteiger partial charge in [0.05, 0.1) is 22.2 Å². The number of anilines is 2. The van der Waals surface area contributed by atoms with Gasteiger partial charge in [-0.1, -0.05) is 43.2 Å². The van der Waals surface area contributed by atoms with Crippen LogP contribution in [0.3, 0.4) is 0 Å². The molecule has 1 aliphatic carbocycles. The molecule has 1 fully saturated rings. The molecule has 1 saturated heterocycles. The van der Waals surface area contributed by atoms with E-state index in [2.05, 4.69) is 50.5 Å². The molecule has 7 rings (SSSR count). The number of allylic oxidation sites excluding steroid dienone is 1. The average Bonchev–Trinajstić information content (AvgIpc) is 3.61. The van der Waals surface area contributed by atoms with Gasteiger partial charge in [-0.3, -0.25) is 9.69 Å². The van der Waals surface area contributed by atoms with Gasteiger partial charge in [-0.05, 0) is 90.4 Å². The molecule has 0 spiro atoms. The molecule has 3 heterocycles. The fraction of sp³-hybridized carbons (Fsp3) is 0.275. The van der Waals surface area contributed by atoms with Crippen LogP contribution in [-0.4, -0.2) is 61.9 Å². The minimum absolute atomic E-state index is 0.0112. The number of nitrogens with zero attached hydrogens (tertiary/aromatic N) is 4. The first-order valence-electron chi connectivity index (χ1n) is 17.4. The first kappa shape index (κ1) is 36.0. The Morgan fingerprint density at radius 1 is 1.06 bits per heavy atom. The van der Waals surface area contributed by atoms with E-state index < -0.39 is 15.9 Å². The minimum atomic E-state index is -4.35. The molecule has 2 aromatic heterocycles. The van der Waals surface area contributed by atoms with Crippen LogP contribution in [0.5, 0.6) is 11.5 Å². The topological polar surface area (TPSA) is 157 Å². The molecule has 0 radical (unpaired) electrons. The van der Waals surface area contributed by atoms with E-state index in [0.29, 0.717) is 11.4 Å². The summed E-state index contributed by atoms with van der Waals surface area (Å²) in [4.78, 5) is 25.6. The summed E-state index contributed by atoms with van der Waals surface area (Å²) in [5.41, 5.74) is 11.8. The lowest BCUT2D eigenvalue weighted by Crippen LogP contribution is -2.47. The van der Waals surface area contributed by atoms with Crippen molar-refractivity contribution in [3.05, 3.63) is 112 Å². The molecule has 11 nitrogen and oxygen atoms in total. The van der Waals surface area contributed by atoms with Gasteiger partial charge in [-0.2, -0.15) is 5.26 Å².